The van der Waals surface area contributed by atoms with E-state index in [1.807, 2.05) is 12.1 Å². The van der Waals surface area contributed by atoms with Crippen molar-refractivity contribution in [2.24, 2.45) is 0 Å². The number of rotatable bonds is 3. The van der Waals surface area contributed by atoms with Crippen LogP contribution in [0.4, 0.5) is 4.39 Å². The van der Waals surface area contributed by atoms with Crippen molar-refractivity contribution in [2.75, 3.05) is 7.11 Å². The number of methoxy groups -OCH3 is 1. The van der Waals surface area contributed by atoms with Crippen LogP contribution < -0.4 is 4.74 Å². The third-order valence-electron chi connectivity index (χ3n) is 3.51. The van der Waals surface area contributed by atoms with E-state index in [1.54, 1.807) is 19.2 Å². The fourth-order valence-electron chi connectivity index (χ4n) is 2.37. The van der Waals surface area contributed by atoms with E-state index in [2.05, 4.69) is 26.8 Å². The van der Waals surface area contributed by atoms with Crippen molar-refractivity contribution < 1.29 is 9.13 Å². The van der Waals surface area contributed by atoms with E-state index in [1.165, 1.54) is 6.07 Å². The number of benzene rings is 2. The Balaban J connectivity index is 2.68. The molecule has 0 fully saturated rings. The summed E-state index contributed by atoms with van der Waals surface area (Å²) in [6.45, 7) is 6.34. The largest absolute Gasteiger partial charge is 0.497 e. The average Bonchev–Trinajstić information content (AvgIpc) is 2.46. The van der Waals surface area contributed by atoms with Crippen LogP contribution in [0.5, 0.6) is 5.75 Å². The summed E-state index contributed by atoms with van der Waals surface area (Å²) in [5.41, 5.74) is 3.45. The van der Waals surface area contributed by atoms with Crippen molar-refractivity contribution in [1.29, 1.82) is 0 Å². The molecule has 0 heterocycles. The highest BCUT2D eigenvalue weighted by Crippen LogP contribution is 2.36. The number of ether oxygens (including phenoxy) is 1. The molecule has 0 N–H and O–H groups in total. The van der Waals surface area contributed by atoms with Crippen molar-refractivity contribution >= 4 is 11.6 Å². The lowest BCUT2D eigenvalue weighted by molar-refractivity contribution is 0.414. The highest BCUT2D eigenvalue weighted by molar-refractivity contribution is 6.17. The third-order valence-corrected chi connectivity index (χ3v) is 3.82. The van der Waals surface area contributed by atoms with E-state index in [4.69, 9.17) is 16.3 Å². The fraction of sp³-hybridized carbons (Fsp3) is 0.333. The highest BCUT2D eigenvalue weighted by Gasteiger charge is 2.21. The standard InChI is InChI=1S/C18H20ClFO/c1-18(2,3)16-9-12(11-19)5-7-14(16)15-10-13(21-4)6-8-17(15)20/h5-10H,11H2,1-4H3. The molecule has 0 aliphatic carbocycles. The van der Waals surface area contributed by atoms with Crippen molar-refractivity contribution in [3.8, 4) is 16.9 Å². The molecular weight excluding hydrogens is 287 g/mol. The predicted molar refractivity (Wildman–Crippen MR) is 86.6 cm³/mol. The molecular formula is C18H20ClFO. The first-order chi connectivity index (χ1) is 9.86. The Bertz CT molecular complexity index is 644. The normalized spacial score (nSPS) is 11.5. The molecule has 3 heteroatoms. The molecule has 0 amide bonds. The zero-order valence-electron chi connectivity index (χ0n) is 12.8. The van der Waals surface area contributed by atoms with Crippen molar-refractivity contribution in [2.45, 2.75) is 32.1 Å². The Kier molecular flexibility index (Phi) is 4.58. The van der Waals surface area contributed by atoms with Crippen LogP contribution in [0.3, 0.4) is 0 Å². The molecule has 0 atom stereocenters. The minimum atomic E-state index is -0.250. The van der Waals surface area contributed by atoms with Gasteiger partial charge in [0.15, 0.2) is 0 Å². The molecule has 0 bridgehead atoms. The molecule has 2 rings (SSSR count). The van der Waals surface area contributed by atoms with Crippen molar-refractivity contribution in [1.82, 2.24) is 0 Å². The Morgan fingerprint density at radius 1 is 1.05 bits per heavy atom. The predicted octanol–water partition coefficient (Wildman–Crippen LogP) is 5.54. The van der Waals surface area contributed by atoms with Gasteiger partial charge in [-0.15, -0.1) is 11.6 Å². The van der Waals surface area contributed by atoms with Gasteiger partial charge in [-0.3, -0.25) is 0 Å². The van der Waals surface area contributed by atoms with Gasteiger partial charge >= 0.3 is 0 Å². The van der Waals surface area contributed by atoms with Gasteiger partial charge in [0.25, 0.3) is 0 Å². The van der Waals surface area contributed by atoms with Gasteiger partial charge in [0.05, 0.1) is 7.11 Å². The fourth-order valence-corrected chi connectivity index (χ4v) is 2.53. The first kappa shape index (κ1) is 15.8. The van der Waals surface area contributed by atoms with Gasteiger partial charge in [-0.05, 0) is 40.3 Å². The van der Waals surface area contributed by atoms with Gasteiger partial charge in [0.2, 0.25) is 0 Å². The molecule has 0 saturated heterocycles. The molecule has 0 aromatic heterocycles. The average molecular weight is 307 g/mol. The molecule has 1 nitrogen and oxygen atoms in total. The summed E-state index contributed by atoms with van der Waals surface area (Å²) < 4.78 is 19.5. The molecule has 0 saturated carbocycles. The molecule has 0 aliphatic heterocycles. The number of halogens is 2. The van der Waals surface area contributed by atoms with E-state index in [0.717, 1.165) is 16.7 Å². The monoisotopic (exact) mass is 306 g/mol. The molecule has 2 aromatic rings. The van der Waals surface area contributed by atoms with Crippen LogP contribution in [0.1, 0.15) is 31.9 Å². The first-order valence-corrected chi connectivity index (χ1v) is 7.43. The lowest BCUT2D eigenvalue weighted by Gasteiger charge is -2.24. The molecule has 2 aromatic carbocycles. The maximum atomic E-state index is 14.3. The van der Waals surface area contributed by atoms with E-state index < -0.39 is 0 Å². The van der Waals surface area contributed by atoms with Crippen LogP contribution in [0.15, 0.2) is 36.4 Å². The Labute approximate surface area is 130 Å². The van der Waals surface area contributed by atoms with Gasteiger partial charge in [0.1, 0.15) is 11.6 Å². The van der Waals surface area contributed by atoms with Crippen LogP contribution in [-0.2, 0) is 11.3 Å². The second kappa shape index (κ2) is 6.07. The van der Waals surface area contributed by atoms with Gasteiger partial charge in [-0.25, -0.2) is 4.39 Å². The second-order valence-corrected chi connectivity index (χ2v) is 6.38. The Morgan fingerprint density at radius 2 is 1.76 bits per heavy atom. The van der Waals surface area contributed by atoms with Crippen LogP contribution in [0.25, 0.3) is 11.1 Å². The molecule has 0 aliphatic rings. The quantitative estimate of drug-likeness (QED) is 0.677. The van der Waals surface area contributed by atoms with E-state index in [0.29, 0.717) is 17.2 Å². The summed E-state index contributed by atoms with van der Waals surface area (Å²) in [5, 5.41) is 0. The second-order valence-electron chi connectivity index (χ2n) is 6.11. The molecule has 112 valence electrons. The van der Waals surface area contributed by atoms with Gasteiger partial charge in [-0.2, -0.15) is 0 Å². The maximum Gasteiger partial charge on any atom is 0.131 e. The summed E-state index contributed by atoms with van der Waals surface area (Å²) in [6, 6.07) is 10.7. The SMILES string of the molecule is COc1ccc(F)c(-c2ccc(CCl)cc2C(C)(C)C)c1. The minimum Gasteiger partial charge on any atom is -0.497 e. The van der Waals surface area contributed by atoms with Crippen molar-refractivity contribution in [3.05, 3.63) is 53.3 Å². The zero-order valence-corrected chi connectivity index (χ0v) is 13.6. The summed E-state index contributed by atoms with van der Waals surface area (Å²) >= 11 is 5.93. The number of hydrogen-bond acceptors (Lipinski definition) is 1. The van der Waals surface area contributed by atoms with Crippen LogP contribution in [-0.4, -0.2) is 7.11 Å². The van der Waals surface area contributed by atoms with Crippen LogP contribution in [0.2, 0.25) is 0 Å². The topological polar surface area (TPSA) is 9.23 Å². The van der Waals surface area contributed by atoms with E-state index in [-0.39, 0.29) is 11.2 Å². The van der Waals surface area contributed by atoms with E-state index >= 15 is 0 Å². The molecule has 0 unspecified atom stereocenters. The lowest BCUT2D eigenvalue weighted by atomic mass is 9.81. The minimum absolute atomic E-state index is 0.104. The lowest BCUT2D eigenvalue weighted by Crippen LogP contribution is -2.13. The smallest absolute Gasteiger partial charge is 0.131 e. The molecule has 21 heavy (non-hydrogen) atoms. The first-order valence-electron chi connectivity index (χ1n) is 6.90. The molecule has 0 spiro atoms. The summed E-state index contributed by atoms with van der Waals surface area (Å²) in [6.07, 6.45) is 0. The summed E-state index contributed by atoms with van der Waals surface area (Å²) in [7, 11) is 1.58. The Morgan fingerprint density at radius 3 is 2.33 bits per heavy atom. The van der Waals surface area contributed by atoms with Crippen molar-refractivity contribution in [3.63, 3.8) is 0 Å². The van der Waals surface area contributed by atoms with Crippen LogP contribution >= 0.6 is 11.6 Å². The summed E-state index contributed by atoms with van der Waals surface area (Å²) in [5.74, 6) is 0.844. The maximum absolute atomic E-state index is 14.3. The highest BCUT2D eigenvalue weighted by atomic mass is 35.5. The van der Waals surface area contributed by atoms with Gasteiger partial charge in [0, 0.05) is 11.4 Å². The third kappa shape index (κ3) is 3.38. The zero-order chi connectivity index (χ0) is 15.6. The summed E-state index contributed by atoms with van der Waals surface area (Å²) in [4.78, 5) is 0. The van der Waals surface area contributed by atoms with Crippen LogP contribution in [0, 0.1) is 5.82 Å². The Hall–Kier alpha value is -1.54. The number of alkyl halides is 1. The van der Waals surface area contributed by atoms with Gasteiger partial charge in [-0.1, -0.05) is 39.0 Å². The van der Waals surface area contributed by atoms with E-state index in [9.17, 15) is 4.39 Å². The van der Waals surface area contributed by atoms with Gasteiger partial charge < -0.3 is 4.74 Å². The molecule has 0 radical (unpaired) electrons. The number of hydrogen-bond donors (Lipinski definition) is 0.